The summed E-state index contributed by atoms with van der Waals surface area (Å²) in [7, 11) is 0. The van der Waals surface area contributed by atoms with Crippen molar-refractivity contribution >= 4 is 17.9 Å². The third-order valence-corrected chi connectivity index (χ3v) is 9.91. The van der Waals surface area contributed by atoms with Crippen molar-refractivity contribution in [3.63, 3.8) is 0 Å². The number of carbonyl (C=O) groups is 3. The van der Waals surface area contributed by atoms with E-state index in [0.29, 0.717) is 19.3 Å². The molecule has 0 heterocycles. The van der Waals surface area contributed by atoms with Crippen molar-refractivity contribution in [2.45, 2.75) is 239 Å². The van der Waals surface area contributed by atoms with E-state index in [2.05, 4.69) is 57.2 Å². The fourth-order valence-corrected chi connectivity index (χ4v) is 6.46. The lowest BCUT2D eigenvalue weighted by Crippen LogP contribution is -2.30. The molecular formula is C48H86O6. The lowest BCUT2D eigenvalue weighted by atomic mass is 10.1. The van der Waals surface area contributed by atoms with Gasteiger partial charge in [0.1, 0.15) is 13.2 Å². The van der Waals surface area contributed by atoms with Gasteiger partial charge in [-0.2, -0.15) is 0 Å². The molecule has 314 valence electrons. The van der Waals surface area contributed by atoms with Gasteiger partial charge in [0.25, 0.3) is 0 Å². The van der Waals surface area contributed by atoms with Gasteiger partial charge in [-0.1, -0.05) is 198 Å². The Kier molecular flexibility index (Phi) is 41.5. The molecule has 0 saturated carbocycles. The van der Waals surface area contributed by atoms with E-state index in [-0.39, 0.29) is 31.1 Å². The SMILES string of the molecule is CC/C=C\C/C=C\C/C=C\CCCCCCCC(=O)OCC(COC(=O)CCCCCCCCCCCC)OC(=O)CCCCCCCCCCCCC. The maximum absolute atomic E-state index is 12.7. The van der Waals surface area contributed by atoms with Crippen LogP contribution in [-0.4, -0.2) is 37.2 Å². The Hall–Kier alpha value is -2.37. The average Bonchev–Trinajstić information content (AvgIpc) is 3.17. The van der Waals surface area contributed by atoms with E-state index < -0.39 is 6.10 Å². The topological polar surface area (TPSA) is 78.9 Å². The van der Waals surface area contributed by atoms with Gasteiger partial charge >= 0.3 is 17.9 Å². The summed E-state index contributed by atoms with van der Waals surface area (Å²) >= 11 is 0. The molecule has 0 rings (SSSR count). The number of ether oxygens (including phenoxy) is 3. The third-order valence-electron chi connectivity index (χ3n) is 9.91. The highest BCUT2D eigenvalue weighted by atomic mass is 16.6. The van der Waals surface area contributed by atoms with Crippen LogP contribution >= 0.6 is 0 Å². The predicted molar refractivity (Wildman–Crippen MR) is 229 cm³/mol. The van der Waals surface area contributed by atoms with Crippen LogP contribution in [0.5, 0.6) is 0 Å². The van der Waals surface area contributed by atoms with Gasteiger partial charge in [-0.25, -0.2) is 0 Å². The summed E-state index contributed by atoms with van der Waals surface area (Å²) < 4.78 is 16.7. The Bertz CT molecular complexity index is 922. The highest BCUT2D eigenvalue weighted by Crippen LogP contribution is 2.15. The predicted octanol–water partition coefficient (Wildman–Crippen LogP) is 14.6. The van der Waals surface area contributed by atoms with Crippen molar-refractivity contribution in [2.75, 3.05) is 13.2 Å². The molecule has 0 radical (unpaired) electrons. The van der Waals surface area contributed by atoms with Gasteiger partial charge in [0.05, 0.1) is 0 Å². The van der Waals surface area contributed by atoms with Crippen LogP contribution in [0.25, 0.3) is 0 Å². The molecule has 6 nitrogen and oxygen atoms in total. The standard InChI is InChI=1S/C48H86O6/c1-4-7-10-13-16-19-22-23-24-25-27-29-32-35-38-41-47(50)53-44-45(43-52-46(49)40-37-34-31-28-21-18-15-12-9-6-3)54-48(51)42-39-36-33-30-26-20-17-14-11-8-5-2/h7,10,16,19,23-24,45H,4-6,8-9,11-15,17-18,20-22,25-44H2,1-3H3/b10-7-,19-16-,24-23-. The number of unbranched alkanes of at least 4 members (excludes halogenated alkanes) is 24. The van der Waals surface area contributed by atoms with Crippen LogP contribution in [-0.2, 0) is 28.6 Å². The van der Waals surface area contributed by atoms with Crippen LogP contribution in [0.2, 0.25) is 0 Å². The highest BCUT2D eigenvalue weighted by Gasteiger charge is 2.19. The van der Waals surface area contributed by atoms with Gasteiger partial charge in [0, 0.05) is 19.3 Å². The minimum absolute atomic E-state index is 0.0745. The summed E-state index contributed by atoms with van der Waals surface area (Å²) in [6.45, 7) is 6.49. The van der Waals surface area contributed by atoms with Gasteiger partial charge in [-0.15, -0.1) is 0 Å². The summed E-state index contributed by atoms with van der Waals surface area (Å²) in [4.78, 5) is 37.7. The van der Waals surface area contributed by atoms with Gasteiger partial charge in [0.15, 0.2) is 6.10 Å². The molecule has 0 saturated heterocycles. The second-order valence-electron chi connectivity index (χ2n) is 15.3. The van der Waals surface area contributed by atoms with Crippen LogP contribution in [0.1, 0.15) is 233 Å². The summed E-state index contributed by atoms with van der Waals surface area (Å²) in [5.74, 6) is -0.891. The molecule has 1 unspecified atom stereocenters. The molecule has 6 heteroatoms. The molecule has 0 fully saturated rings. The zero-order chi connectivity index (χ0) is 39.4. The third kappa shape index (κ3) is 40.8. The molecule has 1 atom stereocenters. The summed E-state index contributed by atoms with van der Waals surface area (Å²) in [6, 6.07) is 0. The van der Waals surface area contributed by atoms with Crippen LogP contribution in [0.4, 0.5) is 0 Å². The molecule has 0 bridgehead atoms. The molecule has 0 aromatic heterocycles. The fraction of sp³-hybridized carbons (Fsp3) is 0.812. The normalized spacial score (nSPS) is 12.3. The lowest BCUT2D eigenvalue weighted by Gasteiger charge is -2.18. The van der Waals surface area contributed by atoms with Gasteiger partial charge in [-0.05, 0) is 51.4 Å². The number of carbonyl (C=O) groups excluding carboxylic acids is 3. The van der Waals surface area contributed by atoms with Crippen molar-refractivity contribution in [1.29, 1.82) is 0 Å². The molecule has 0 aliphatic heterocycles. The largest absolute Gasteiger partial charge is 0.462 e. The van der Waals surface area contributed by atoms with Gasteiger partial charge < -0.3 is 14.2 Å². The minimum atomic E-state index is -0.771. The zero-order valence-corrected chi connectivity index (χ0v) is 35.7. The Labute approximate surface area is 334 Å². The first-order valence-electron chi connectivity index (χ1n) is 23.0. The molecule has 0 spiro atoms. The van der Waals surface area contributed by atoms with Crippen molar-refractivity contribution in [1.82, 2.24) is 0 Å². The number of hydrogen-bond acceptors (Lipinski definition) is 6. The molecule has 0 N–H and O–H groups in total. The van der Waals surface area contributed by atoms with Crippen LogP contribution < -0.4 is 0 Å². The molecule has 0 aliphatic carbocycles. The number of rotatable bonds is 41. The summed E-state index contributed by atoms with van der Waals surface area (Å²) in [6.07, 6.45) is 48.4. The number of hydrogen-bond donors (Lipinski definition) is 0. The molecule has 0 amide bonds. The molecular weight excluding hydrogens is 673 g/mol. The van der Waals surface area contributed by atoms with Crippen LogP contribution in [0.3, 0.4) is 0 Å². The van der Waals surface area contributed by atoms with E-state index in [0.717, 1.165) is 96.3 Å². The first-order valence-corrected chi connectivity index (χ1v) is 23.0. The average molecular weight is 759 g/mol. The monoisotopic (exact) mass is 759 g/mol. The molecule has 0 aromatic carbocycles. The first kappa shape index (κ1) is 51.6. The van der Waals surface area contributed by atoms with Crippen molar-refractivity contribution in [2.24, 2.45) is 0 Å². The smallest absolute Gasteiger partial charge is 0.306 e. The second kappa shape index (κ2) is 43.4. The Balaban J connectivity index is 4.36. The van der Waals surface area contributed by atoms with E-state index >= 15 is 0 Å². The van der Waals surface area contributed by atoms with Crippen LogP contribution in [0, 0.1) is 0 Å². The van der Waals surface area contributed by atoms with E-state index in [9.17, 15) is 14.4 Å². The Morgan fingerprint density at radius 1 is 0.389 bits per heavy atom. The maximum Gasteiger partial charge on any atom is 0.306 e. The molecule has 54 heavy (non-hydrogen) atoms. The number of allylic oxidation sites excluding steroid dienone is 6. The van der Waals surface area contributed by atoms with E-state index in [4.69, 9.17) is 14.2 Å². The lowest BCUT2D eigenvalue weighted by molar-refractivity contribution is -0.167. The van der Waals surface area contributed by atoms with E-state index in [1.807, 2.05) is 0 Å². The maximum atomic E-state index is 12.7. The van der Waals surface area contributed by atoms with Gasteiger partial charge in [-0.3, -0.25) is 14.4 Å². The quantitative estimate of drug-likeness (QED) is 0.0267. The van der Waals surface area contributed by atoms with Crippen molar-refractivity contribution < 1.29 is 28.6 Å². The summed E-state index contributed by atoms with van der Waals surface area (Å²) in [5.41, 5.74) is 0. The summed E-state index contributed by atoms with van der Waals surface area (Å²) in [5, 5.41) is 0. The first-order chi connectivity index (χ1) is 26.5. The van der Waals surface area contributed by atoms with Crippen molar-refractivity contribution in [3.8, 4) is 0 Å². The van der Waals surface area contributed by atoms with Gasteiger partial charge in [0.2, 0.25) is 0 Å². The van der Waals surface area contributed by atoms with E-state index in [1.54, 1.807) is 0 Å². The zero-order valence-electron chi connectivity index (χ0n) is 35.7. The number of esters is 3. The molecule has 0 aromatic rings. The van der Waals surface area contributed by atoms with Crippen LogP contribution in [0.15, 0.2) is 36.5 Å². The van der Waals surface area contributed by atoms with Crippen molar-refractivity contribution in [3.05, 3.63) is 36.5 Å². The minimum Gasteiger partial charge on any atom is -0.462 e. The Morgan fingerprint density at radius 3 is 1.13 bits per heavy atom. The fourth-order valence-electron chi connectivity index (χ4n) is 6.46. The second-order valence-corrected chi connectivity index (χ2v) is 15.3. The molecule has 0 aliphatic rings. The Morgan fingerprint density at radius 2 is 0.722 bits per heavy atom. The highest BCUT2D eigenvalue weighted by molar-refractivity contribution is 5.71. The van der Waals surface area contributed by atoms with E-state index in [1.165, 1.54) is 96.3 Å².